The summed E-state index contributed by atoms with van der Waals surface area (Å²) in [5.74, 6) is 0.818. The maximum absolute atomic E-state index is 10.4. The standard InChI is InChI=1S/C22H29ClN2O2.2ClH/c1-16-5-7-21(12-18(16)3)27-15-20(26)14-24-8-10-25(11-9-24)22-13-19(23)6-4-17(22)2;;/h4-7,12-13,20,26H,8-11,14-15H2,1-3H3;2*1H. The molecule has 1 atom stereocenters. The van der Waals surface area contributed by atoms with Crippen molar-refractivity contribution in [2.45, 2.75) is 26.9 Å². The Morgan fingerprint density at radius 1 is 0.931 bits per heavy atom. The van der Waals surface area contributed by atoms with Gasteiger partial charge in [-0.15, -0.1) is 24.8 Å². The fourth-order valence-electron chi connectivity index (χ4n) is 3.44. The molecule has 29 heavy (non-hydrogen) atoms. The van der Waals surface area contributed by atoms with Gasteiger partial charge in [0.15, 0.2) is 0 Å². The van der Waals surface area contributed by atoms with Gasteiger partial charge in [-0.1, -0.05) is 23.7 Å². The first-order valence-corrected chi connectivity index (χ1v) is 9.92. The van der Waals surface area contributed by atoms with Crippen molar-refractivity contribution in [3.05, 3.63) is 58.1 Å². The van der Waals surface area contributed by atoms with Crippen molar-refractivity contribution in [2.24, 2.45) is 0 Å². The van der Waals surface area contributed by atoms with E-state index < -0.39 is 6.10 Å². The average molecular weight is 462 g/mol. The summed E-state index contributed by atoms with van der Waals surface area (Å²) in [4.78, 5) is 4.67. The van der Waals surface area contributed by atoms with Crippen LogP contribution in [0.5, 0.6) is 5.75 Å². The summed E-state index contributed by atoms with van der Waals surface area (Å²) in [6, 6.07) is 12.1. The molecule has 0 aromatic heterocycles. The second-order valence-corrected chi connectivity index (χ2v) is 7.87. The second kappa shape index (κ2) is 11.9. The number of aliphatic hydroxyl groups excluding tert-OH is 1. The third-order valence-corrected chi connectivity index (χ3v) is 5.51. The molecule has 0 radical (unpaired) electrons. The van der Waals surface area contributed by atoms with Gasteiger partial charge in [-0.3, -0.25) is 4.90 Å². The van der Waals surface area contributed by atoms with Gasteiger partial charge in [0.1, 0.15) is 18.5 Å². The Morgan fingerprint density at radius 2 is 1.59 bits per heavy atom. The van der Waals surface area contributed by atoms with E-state index in [0.717, 1.165) is 37.0 Å². The monoisotopic (exact) mass is 460 g/mol. The number of nitrogens with zero attached hydrogens (tertiary/aromatic N) is 2. The molecule has 7 heteroatoms. The fraction of sp³-hybridized carbons (Fsp3) is 0.455. The first kappa shape index (κ1) is 25.9. The highest BCUT2D eigenvalue weighted by molar-refractivity contribution is 6.30. The third-order valence-electron chi connectivity index (χ3n) is 5.27. The Morgan fingerprint density at radius 3 is 2.24 bits per heavy atom. The van der Waals surface area contributed by atoms with Crippen molar-refractivity contribution in [3.63, 3.8) is 0 Å². The lowest BCUT2D eigenvalue weighted by Gasteiger charge is -2.37. The maximum Gasteiger partial charge on any atom is 0.119 e. The van der Waals surface area contributed by atoms with E-state index in [1.165, 1.54) is 22.4 Å². The highest BCUT2D eigenvalue weighted by Crippen LogP contribution is 2.25. The summed E-state index contributed by atoms with van der Waals surface area (Å²) in [6.07, 6.45) is -0.494. The topological polar surface area (TPSA) is 35.9 Å². The number of aliphatic hydroxyl groups is 1. The number of β-amino-alcohol motifs (C(OH)–C–C–N with tert-alkyl or cyclic N) is 1. The number of piperazine rings is 1. The van der Waals surface area contributed by atoms with Gasteiger partial charge in [0, 0.05) is 43.4 Å². The Labute approximate surface area is 191 Å². The van der Waals surface area contributed by atoms with Crippen molar-refractivity contribution in [1.29, 1.82) is 0 Å². The molecule has 3 rings (SSSR count). The number of hydrogen-bond acceptors (Lipinski definition) is 4. The summed E-state index contributed by atoms with van der Waals surface area (Å²) in [5, 5.41) is 11.1. The number of rotatable bonds is 6. The number of anilines is 1. The molecule has 2 aromatic carbocycles. The van der Waals surface area contributed by atoms with E-state index in [1.807, 2.05) is 30.3 Å². The molecule has 0 spiro atoms. The quantitative estimate of drug-likeness (QED) is 0.678. The molecule has 0 bridgehead atoms. The van der Waals surface area contributed by atoms with Crippen LogP contribution in [0.3, 0.4) is 0 Å². The van der Waals surface area contributed by atoms with Crippen LogP contribution >= 0.6 is 36.4 Å². The van der Waals surface area contributed by atoms with Crippen LogP contribution in [0.25, 0.3) is 0 Å². The van der Waals surface area contributed by atoms with Crippen LogP contribution in [-0.2, 0) is 0 Å². The molecule has 0 amide bonds. The Bertz CT molecular complexity index is 781. The minimum atomic E-state index is -0.494. The van der Waals surface area contributed by atoms with E-state index in [0.29, 0.717) is 13.2 Å². The van der Waals surface area contributed by atoms with Gasteiger partial charge in [-0.2, -0.15) is 0 Å². The summed E-state index contributed by atoms with van der Waals surface area (Å²) < 4.78 is 5.76. The van der Waals surface area contributed by atoms with Gasteiger partial charge in [-0.25, -0.2) is 0 Å². The van der Waals surface area contributed by atoms with Crippen LogP contribution in [0, 0.1) is 20.8 Å². The van der Waals surface area contributed by atoms with Crippen molar-refractivity contribution in [1.82, 2.24) is 4.90 Å². The molecule has 2 aromatic rings. The van der Waals surface area contributed by atoms with Crippen LogP contribution in [0.15, 0.2) is 36.4 Å². The Hall–Kier alpha value is -1.17. The van der Waals surface area contributed by atoms with E-state index in [-0.39, 0.29) is 24.8 Å². The van der Waals surface area contributed by atoms with Crippen molar-refractivity contribution in [3.8, 4) is 5.75 Å². The summed E-state index contributed by atoms with van der Waals surface area (Å²) >= 11 is 6.15. The van der Waals surface area contributed by atoms with Crippen LogP contribution in [-0.4, -0.2) is 55.4 Å². The molecule has 0 saturated carbocycles. The Balaban J connectivity index is 0.00000210. The lowest BCUT2D eigenvalue weighted by Crippen LogP contribution is -2.49. The third kappa shape index (κ3) is 7.23. The van der Waals surface area contributed by atoms with Gasteiger partial charge >= 0.3 is 0 Å². The highest BCUT2D eigenvalue weighted by Gasteiger charge is 2.21. The number of aryl methyl sites for hydroxylation is 3. The number of ether oxygens (including phenoxy) is 1. The summed E-state index contributed by atoms with van der Waals surface area (Å²) in [5.41, 5.74) is 4.90. The predicted molar refractivity (Wildman–Crippen MR) is 127 cm³/mol. The molecule has 1 fully saturated rings. The average Bonchev–Trinajstić information content (AvgIpc) is 2.65. The fourth-order valence-corrected chi connectivity index (χ4v) is 3.61. The summed E-state index contributed by atoms with van der Waals surface area (Å²) in [6.45, 7) is 10.9. The number of hydrogen-bond donors (Lipinski definition) is 1. The van der Waals surface area contributed by atoms with E-state index in [1.54, 1.807) is 0 Å². The SMILES string of the molecule is Cc1ccc(OCC(O)CN2CCN(c3cc(Cl)ccc3C)CC2)cc1C.Cl.Cl. The second-order valence-electron chi connectivity index (χ2n) is 7.43. The molecule has 1 N–H and O–H groups in total. The van der Waals surface area contributed by atoms with Crippen molar-refractivity contribution >= 4 is 42.1 Å². The maximum atomic E-state index is 10.4. The smallest absolute Gasteiger partial charge is 0.119 e. The zero-order chi connectivity index (χ0) is 19.4. The minimum Gasteiger partial charge on any atom is -0.491 e. The van der Waals surface area contributed by atoms with Crippen molar-refractivity contribution < 1.29 is 9.84 Å². The predicted octanol–water partition coefficient (Wildman–Crippen LogP) is 4.67. The molecule has 0 aliphatic carbocycles. The largest absolute Gasteiger partial charge is 0.491 e. The van der Waals surface area contributed by atoms with Gasteiger partial charge in [0.05, 0.1) is 0 Å². The van der Waals surface area contributed by atoms with Gasteiger partial charge in [0.2, 0.25) is 0 Å². The zero-order valence-electron chi connectivity index (χ0n) is 17.2. The molecule has 1 heterocycles. The molecule has 1 aliphatic heterocycles. The normalized spacial score (nSPS) is 15.3. The molecule has 1 aliphatic rings. The van der Waals surface area contributed by atoms with Crippen molar-refractivity contribution in [2.75, 3.05) is 44.2 Å². The van der Waals surface area contributed by atoms with E-state index in [4.69, 9.17) is 16.3 Å². The van der Waals surface area contributed by atoms with E-state index in [2.05, 4.69) is 36.6 Å². The minimum absolute atomic E-state index is 0. The zero-order valence-corrected chi connectivity index (χ0v) is 19.6. The van der Waals surface area contributed by atoms with E-state index in [9.17, 15) is 5.11 Å². The molecule has 4 nitrogen and oxygen atoms in total. The van der Waals surface area contributed by atoms with Crippen LogP contribution in [0.1, 0.15) is 16.7 Å². The Kier molecular flexibility index (Phi) is 10.6. The van der Waals surface area contributed by atoms with Crippen LogP contribution in [0.4, 0.5) is 5.69 Å². The highest BCUT2D eigenvalue weighted by atomic mass is 35.5. The van der Waals surface area contributed by atoms with Gasteiger partial charge < -0.3 is 14.7 Å². The van der Waals surface area contributed by atoms with Crippen LogP contribution in [0.2, 0.25) is 5.02 Å². The van der Waals surface area contributed by atoms with Crippen LogP contribution < -0.4 is 9.64 Å². The molecule has 162 valence electrons. The van der Waals surface area contributed by atoms with Gasteiger partial charge in [-0.05, 0) is 61.7 Å². The molecular weight excluding hydrogens is 431 g/mol. The summed E-state index contributed by atoms with van der Waals surface area (Å²) in [7, 11) is 0. The molecular formula is C22H31Cl3N2O2. The molecule has 1 unspecified atom stereocenters. The van der Waals surface area contributed by atoms with Gasteiger partial charge in [0.25, 0.3) is 0 Å². The number of halogens is 3. The molecule has 1 saturated heterocycles. The lowest BCUT2D eigenvalue weighted by atomic mass is 10.1. The first-order chi connectivity index (χ1) is 12.9. The number of benzene rings is 2. The lowest BCUT2D eigenvalue weighted by molar-refractivity contribution is 0.0663. The van der Waals surface area contributed by atoms with E-state index >= 15 is 0 Å². The first-order valence-electron chi connectivity index (χ1n) is 9.54.